The predicted molar refractivity (Wildman–Crippen MR) is 78.5 cm³/mol. The average molecular weight is 310 g/mol. The third kappa shape index (κ3) is 3.43. The minimum absolute atomic E-state index is 0.0358. The number of nitrogens with zero attached hydrogens (tertiary/aromatic N) is 4. The fourth-order valence-electron chi connectivity index (χ4n) is 1.96. The third-order valence-corrected chi connectivity index (χ3v) is 3.38. The number of aryl methyl sites for hydroxylation is 1. The Balaban J connectivity index is 2.45. The molecule has 1 aromatic carbocycles. The Kier molecular flexibility index (Phi) is 3.77. The number of carbonyl (C=O) groups excluding carboxylic acids is 1. The first-order valence-electron chi connectivity index (χ1n) is 5.99. The Morgan fingerprint density at radius 2 is 2.14 bits per heavy atom. The van der Waals surface area contributed by atoms with Gasteiger partial charge < -0.3 is 0 Å². The lowest BCUT2D eigenvalue weighted by atomic mass is 10.2. The summed E-state index contributed by atoms with van der Waals surface area (Å²) in [5, 5.41) is 15.6. The van der Waals surface area contributed by atoms with Crippen molar-refractivity contribution in [1.82, 2.24) is 9.78 Å². The molecule has 0 aliphatic carbocycles. The SMILES string of the molecule is Cc1nn(CC(=O)N=S(C)(C)=O)c2ccc([N+](=O)[O-])cc12. The van der Waals surface area contributed by atoms with E-state index in [4.69, 9.17) is 0 Å². The molecule has 21 heavy (non-hydrogen) atoms. The Hall–Kier alpha value is -2.29. The van der Waals surface area contributed by atoms with Crippen LogP contribution < -0.4 is 0 Å². The number of fused-ring (bicyclic) bond motifs is 1. The summed E-state index contributed by atoms with van der Waals surface area (Å²) in [6.07, 6.45) is 2.75. The normalized spacial score (nSPS) is 11.6. The van der Waals surface area contributed by atoms with Crippen LogP contribution in [0.25, 0.3) is 10.9 Å². The van der Waals surface area contributed by atoms with Crippen molar-refractivity contribution in [2.75, 3.05) is 12.5 Å². The van der Waals surface area contributed by atoms with Gasteiger partial charge >= 0.3 is 0 Å². The highest BCUT2D eigenvalue weighted by Gasteiger charge is 2.14. The number of hydrogen-bond acceptors (Lipinski definition) is 5. The van der Waals surface area contributed by atoms with Gasteiger partial charge in [0, 0.05) is 39.8 Å². The molecule has 1 aromatic heterocycles. The maximum atomic E-state index is 11.7. The molecule has 0 saturated heterocycles. The second-order valence-electron chi connectivity index (χ2n) is 4.87. The second-order valence-corrected chi connectivity index (χ2v) is 7.41. The van der Waals surface area contributed by atoms with Crippen molar-refractivity contribution in [3.8, 4) is 0 Å². The highest BCUT2D eigenvalue weighted by molar-refractivity contribution is 7.92. The number of aromatic nitrogens is 2. The van der Waals surface area contributed by atoms with Gasteiger partial charge in [-0.2, -0.15) is 9.46 Å². The number of rotatable bonds is 3. The summed E-state index contributed by atoms with van der Waals surface area (Å²) in [5.74, 6) is -0.548. The van der Waals surface area contributed by atoms with Crippen molar-refractivity contribution in [2.24, 2.45) is 4.36 Å². The molecule has 0 aliphatic heterocycles. The molecule has 2 aromatic rings. The number of non-ortho nitro benzene ring substituents is 1. The van der Waals surface area contributed by atoms with Crippen LogP contribution in [0.15, 0.2) is 22.6 Å². The zero-order valence-electron chi connectivity index (χ0n) is 11.8. The zero-order valence-corrected chi connectivity index (χ0v) is 12.6. The molecule has 1 heterocycles. The van der Waals surface area contributed by atoms with E-state index in [1.807, 2.05) is 0 Å². The lowest BCUT2D eigenvalue weighted by Gasteiger charge is -2.00. The summed E-state index contributed by atoms with van der Waals surface area (Å²) >= 11 is 0. The number of benzene rings is 1. The van der Waals surface area contributed by atoms with Crippen molar-refractivity contribution in [2.45, 2.75) is 13.5 Å². The Labute approximate surface area is 121 Å². The Morgan fingerprint density at radius 1 is 1.48 bits per heavy atom. The molecule has 9 heteroatoms. The lowest BCUT2D eigenvalue weighted by molar-refractivity contribution is -0.384. The molecule has 0 spiro atoms. The maximum Gasteiger partial charge on any atom is 0.275 e. The van der Waals surface area contributed by atoms with Crippen molar-refractivity contribution < 1.29 is 13.9 Å². The molecule has 0 unspecified atom stereocenters. The fraction of sp³-hybridized carbons (Fsp3) is 0.333. The number of amides is 1. The van der Waals surface area contributed by atoms with E-state index >= 15 is 0 Å². The van der Waals surface area contributed by atoms with Crippen LogP contribution in [0.3, 0.4) is 0 Å². The number of nitro groups is 1. The van der Waals surface area contributed by atoms with Crippen LogP contribution in [0.5, 0.6) is 0 Å². The van der Waals surface area contributed by atoms with E-state index in [-0.39, 0.29) is 12.2 Å². The van der Waals surface area contributed by atoms with Gasteiger partial charge in [0.2, 0.25) is 0 Å². The van der Waals surface area contributed by atoms with Crippen LogP contribution >= 0.6 is 0 Å². The van der Waals surface area contributed by atoms with Gasteiger partial charge in [-0.15, -0.1) is 0 Å². The van der Waals surface area contributed by atoms with Crippen molar-refractivity contribution in [1.29, 1.82) is 0 Å². The molecule has 1 amide bonds. The largest absolute Gasteiger partial charge is 0.275 e. The summed E-state index contributed by atoms with van der Waals surface area (Å²) in [5.41, 5.74) is 1.14. The number of nitro benzene ring substituents is 1. The van der Waals surface area contributed by atoms with Gasteiger partial charge in [-0.05, 0) is 13.0 Å². The molecule has 0 bridgehead atoms. The van der Waals surface area contributed by atoms with E-state index in [2.05, 4.69) is 9.46 Å². The lowest BCUT2D eigenvalue weighted by Crippen LogP contribution is -2.11. The van der Waals surface area contributed by atoms with Crippen LogP contribution in [0, 0.1) is 17.0 Å². The van der Waals surface area contributed by atoms with Gasteiger partial charge in [-0.25, -0.2) is 4.21 Å². The van der Waals surface area contributed by atoms with Crippen molar-refractivity contribution >= 4 is 32.2 Å². The zero-order chi connectivity index (χ0) is 15.8. The van der Waals surface area contributed by atoms with Crippen molar-refractivity contribution in [3.63, 3.8) is 0 Å². The molecule has 0 fully saturated rings. The van der Waals surface area contributed by atoms with Crippen molar-refractivity contribution in [3.05, 3.63) is 34.0 Å². The summed E-state index contributed by atoms with van der Waals surface area (Å²) in [4.78, 5) is 22.0. The van der Waals surface area contributed by atoms with Gasteiger partial charge in [0.1, 0.15) is 6.54 Å². The van der Waals surface area contributed by atoms with E-state index < -0.39 is 20.6 Å². The Bertz CT molecular complexity index is 854. The monoisotopic (exact) mass is 310 g/mol. The molecule has 0 radical (unpaired) electrons. The fourth-order valence-corrected chi connectivity index (χ4v) is 2.51. The third-order valence-electron chi connectivity index (χ3n) is 2.74. The molecular weight excluding hydrogens is 296 g/mol. The molecule has 112 valence electrons. The van der Waals surface area contributed by atoms with Gasteiger partial charge in [0.05, 0.1) is 16.1 Å². The molecule has 8 nitrogen and oxygen atoms in total. The van der Waals surface area contributed by atoms with Crippen LogP contribution in [0.1, 0.15) is 5.69 Å². The van der Waals surface area contributed by atoms with E-state index in [1.54, 1.807) is 6.92 Å². The van der Waals surface area contributed by atoms with Gasteiger partial charge in [0.15, 0.2) is 0 Å². The molecule has 2 rings (SSSR count). The molecular formula is C12H14N4O4S. The van der Waals surface area contributed by atoms with E-state index in [9.17, 15) is 19.1 Å². The summed E-state index contributed by atoms with van der Waals surface area (Å²) in [6.45, 7) is 1.55. The number of hydrogen-bond donors (Lipinski definition) is 0. The van der Waals surface area contributed by atoms with Crippen LogP contribution in [-0.2, 0) is 21.1 Å². The Morgan fingerprint density at radius 3 is 2.71 bits per heavy atom. The summed E-state index contributed by atoms with van der Waals surface area (Å²) < 4.78 is 16.5. The first kappa shape index (κ1) is 15.1. The topological polar surface area (TPSA) is 107 Å². The maximum absolute atomic E-state index is 11.7. The molecule has 0 N–H and O–H groups in total. The summed E-state index contributed by atoms with van der Waals surface area (Å²) in [6, 6.07) is 4.30. The second kappa shape index (κ2) is 5.24. The predicted octanol–water partition coefficient (Wildman–Crippen LogP) is 1.51. The van der Waals surface area contributed by atoms with Gasteiger partial charge in [0.25, 0.3) is 11.6 Å². The minimum atomic E-state index is -2.51. The minimum Gasteiger partial charge on any atom is -0.270 e. The highest BCUT2D eigenvalue weighted by atomic mass is 32.2. The molecule has 0 saturated carbocycles. The quantitative estimate of drug-likeness (QED) is 0.630. The first-order chi connectivity index (χ1) is 9.67. The van der Waals surface area contributed by atoms with E-state index in [0.717, 1.165) is 0 Å². The highest BCUT2D eigenvalue weighted by Crippen LogP contribution is 2.23. The molecule has 0 aliphatic rings. The average Bonchev–Trinajstić information content (AvgIpc) is 2.63. The van der Waals surface area contributed by atoms with Crippen LogP contribution in [-0.4, -0.2) is 37.3 Å². The van der Waals surface area contributed by atoms with Crippen LogP contribution in [0.4, 0.5) is 5.69 Å². The standard InChI is InChI=1S/C12H14N4O4S/c1-8-10-6-9(16(18)19)4-5-11(10)15(13-8)7-12(17)14-21(2,3)20/h4-6H,7H2,1-3H3. The van der Waals surface area contributed by atoms with Gasteiger partial charge in [-0.1, -0.05) is 0 Å². The summed E-state index contributed by atoms with van der Waals surface area (Å²) in [7, 11) is -2.51. The van der Waals surface area contributed by atoms with E-state index in [0.29, 0.717) is 16.6 Å². The smallest absolute Gasteiger partial charge is 0.270 e. The number of carbonyl (C=O) groups is 1. The van der Waals surface area contributed by atoms with Gasteiger partial charge in [-0.3, -0.25) is 19.6 Å². The molecule has 0 atom stereocenters. The van der Waals surface area contributed by atoms with E-state index in [1.165, 1.54) is 35.4 Å². The first-order valence-corrected chi connectivity index (χ1v) is 8.32. The van der Waals surface area contributed by atoms with Crippen LogP contribution in [0.2, 0.25) is 0 Å².